The first-order valence-corrected chi connectivity index (χ1v) is 5.08. The van der Waals surface area contributed by atoms with E-state index in [1.54, 1.807) is 6.07 Å². The summed E-state index contributed by atoms with van der Waals surface area (Å²) in [6.07, 6.45) is 0.0877. The summed E-state index contributed by atoms with van der Waals surface area (Å²) in [5.74, 6) is -0.415. The van der Waals surface area contributed by atoms with Crippen molar-refractivity contribution in [2.45, 2.75) is 6.42 Å². The van der Waals surface area contributed by atoms with Gasteiger partial charge in [0.2, 0.25) is 0 Å². The van der Waals surface area contributed by atoms with Crippen molar-refractivity contribution in [3.8, 4) is 6.07 Å². The molecule has 0 aliphatic rings. The quantitative estimate of drug-likeness (QED) is 0.481. The molecule has 1 aromatic rings. The van der Waals surface area contributed by atoms with Crippen LogP contribution in [0.4, 0.5) is 11.4 Å². The summed E-state index contributed by atoms with van der Waals surface area (Å²) < 4.78 is 4.45. The summed E-state index contributed by atoms with van der Waals surface area (Å²) in [6, 6.07) is 6.14. The number of anilines is 1. The lowest BCUT2D eigenvalue weighted by molar-refractivity contribution is -0.384. The van der Waals surface area contributed by atoms with Crippen LogP contribution in [-0.2, 0) is 9.53 Å². The highest BCUT2D eigenvalue weighted by Crippen LogP contribution is 2.27. The van der Waals surface area contributed by atoms with Crippen LogP contribution in [0, 0.1) is 21.4 Å². The van der Waals surface area contributed by atoms with Gasteiger partial charge in [0.15, 0.2) is 0 Å². The first-order chi connectivity index (χ1) is 8.60. The number of para-hydroxylation sites is 1. The number of rotatable bonds is 5. The maximum atomic E-state index is 10.9. The van der Waals surface area contributed by atoms with Crippen LogP contribution in [0.15, 0.2) is 18.2 Å². The molecule has 18 heavy (non-hydrogen) atoms. The van der Waals surface area contributed by atoms with E-state index in [0.717, 1.165) is 0 Å². The highest BCUT2D eigenvalue weighted by molar-refractivity contribution is 5.71. The van der Waals surface area contributed by atoms with Crippen LogP contribution >= 0.6 is 0 Å². The molecular formula is C11H11N3O4. The van der Waals surface area contributed by atoms with Crippen molar-refractivity contribution in [3.05, 3.63) is 33.9 Å². The summed E-state index contributed by atoms with van der Waals surface area (Å²) in [6.45, 7) is 0.197. The fraction of sp³-hybridized carbons (Fsp3) is 0.273. The number of nitro benzene ring substituents is 1. The summed E-state index contributed by atoms with van der Waals surface area (Å²) >= 11 is 0. The van der Waals surface area contributed by atoms with E-state index in [-0.39, 0.29) is 29.9 Å². The molecule has 0 saturated carbocycles. The predicted molar refractivity (Wildman–Crippen MR) is 62.9 cm³/mol. The third-order valence-electron chi connectivity index (χ3n) is 2.21. The average molecular weight is 249 g/mol. The molecular weight excluding hydrogens is 238 g/mol. The zero-order chi connectivity index (χ0) is 13.5. The van der Waals surface area contributed by atoms with Crippen molar-refractivity contribution in [2.75, 3.05) is 19.0 Å². The number of nitrogens with one attached hydrogen (secondary N) is 1. The number of nitro groups is 1. The minimum Gasteiger partial charge on any atom is -0.469 e. The molecule has 0 amide bonds. The van der Waals surface area contributed by atoms with Gasteiger partial charge in [-0.2, -0.15) is 5.26 Å². The van der Waals surface area contributed by atoms with Crippen molar-refractivity contribution in [2.24, 2.45) is 0 Å². The summed E-state index contributed by atoms with van der Waals surface area (Å²) in [5, 5.41) is 22.4. The van der Waals surface area contributed by atoms with Crippen LogP contribution < -0.4 is 5.32 Å². The fourth-order valence-corrected chi connectivity index (χ4v) is 1.37. The highest BCUT2D eigenvalue weighted by Gasteiger charge is 2.19. The van der Waals surface area contributed by atoms with Crippen molar-refractivity contribution >= 4 is 17.3 Å². The van der Waals surface area contributed by atoms with Crippen molar-refractivity contribution in [1.29, 1.82) is 5.26 Å². The number of hydrogen-bond donors (Lipinski definition) is 1. The molecule has 0 unspecified atom stereocenters. The maximum absolute atomic E-state index is 10.9. The third-order valence-corrected chi connectivity index (χ3v) is 2.21. The normalized spacial score (nSPS) is 9.33. The Morgan fingerprint density at radius 1 is 1.61 bits per heavy atom. The molecule has 1 N–H and O–H groups in total. The number of nitrogens with zero attached hydrogens (tertiary/aromatic N) is 2. The Balaban J connectivity index is 2.86. The van der Waals surface area contributed by atoms with Crippen LogP contribution in [0.2, 0.25) is 0 Å². The van der Waals surface area contributed by atoms with Gasteiger partial charge >= 0.3 is 11.7 Å². The minimum absolute atomic E-state index is 0.0249. The highest BCUT2D eigenvalue weighted by atomic mass is 16.6. The number of hydrogen-bond acceptors (Lipinski definition) is 6. The van der Waals surface area contributed by atoms with E-state index >= 15 is 0 Å². The molecule has 7 heteroatoms. The van der Waals surface area contributed by atoms with Gasteiger partial charge in [0.05, 0.1) is 18.5 Å². The summed E-state index contributed by atoms with van der Waals surface area (Å²) in [4.78, 5) is 21.1. The Morgan fingerprint density at radius 2 is 2.33 bits per heavy atom. The Labute approximate surface area is 103 Å². The molecule has 0 atom stereocenters. The number of esters is 1. The van der Waals surface area contributed by atoms with Gasteiger partial charge in [0, 0.05) is 6.54 Å². The second-order valence-electron chi connectivity index (χ2n) is 3.32. The Kier molecular flexibility index (Phi) is 4.63. The molecule has 0 heterocycles. The lowest BCUT2D eigenvalue weighted by atomic mass is 10.1. The topological polar surface area (TPSA) is 105 Å². The van der Waals surface area contributed by atoms with E-state index in [2.05, 4.69) is 10.1 Å². The van der Waals surface area contributed by atoms with Gasteiger partial charge in [-0.3, -0.25) is 14.9 Å². The van der Waals surface area contributed by atoms with E-state index in [1.165, 1.54) is 25.3 Å². The Hall–Kier alpha value is -2.62. The van der Waals surface area contributed by atoms with Crippen LogP contribution in [0.25, 0.3) is 0 Å². The van der Waals surface area contributed by atoms with Crippen LogP contribution in [0.1, 0.15) is 12.0 Å². The molecule has 1 aromatic carbocycles. The van der Waals surface area contributed by atoms with Gasteiger partial charge < -0.3 is 10.1 Å². The van der Waals surface area contributed by atoms with Gasteiger partial charge in [-0.05, 0) is 12.1 Å². The van der Waals surface area contributed by atoms with Crippen molar-refractivity contribution in [3.63, 3.8) is 0 Å². The molecule has 0 saturated heterocycles. The molecule has 0 fully saturated rings. The Bertz CT molecular complexity index is 508. The van der Waals surface area contributed by atoms with Crippen LogP contribution in [0.3, 0.4) is 0 Å². The van der Waals surface area contributed by atoms with E-state index in [0.29, 0.717) is 0 Å². The SMILES string of the molecule is COC(=O)CCNc1cccc(C#N)c1[N+](=O)[O-]. The van der Waals surface area contributed by atoms with Crippen LogP contribution in [0.5, 0.6) is 0 Å². The zero-order valence-corrected chi connectivity index (χ0v) is 9.67. The van der Waals surface area contributed by atoms with Gasteiger partial charge in [0.1, 0.15) is 17.3 Å². The third kappa shape index (κ3) is 3.18. The molecule has 0 aliphatic heterocycles. The molecule has 94 valence electrons. The molecule has 0 aromatic heterocycles. The molecule has 1 rings (SSSR count). The van der Waals surface area contributed by atoms with Crippen molar-refractivity contribution in [1.82, 2.24) is 0 Å². The Morgan fingerprint density at radius 3 is 2.89 bits per heavy atom. The largest absolute Gasteiger partial charge is 0.469 e. The number of benzene rings is 1. The first-order valence-electron chi connectivity index (χ1n) is 5.08. The predicted octanol–water partition coefficient (Wildman–Crippen LogP) is 1.44. The molecule has 0 aliphatic carbocycles. The van der Waals surface area contributed by atoms with E-state index in [9.17, 15) is 14.9 Å². The number of methoxy groups -OCH3 is 1. The van der Waals surface area contributed by atoms with Gasteiger partial charge in [-0.15, -0.1) is 0 Å². The smallest absolute Gasteiger partial charge is 0.309 e. The fourth-order valence-electron chi connectivity index (χ4n) is 1.37. The van der Waals surface area contributed by atoms with Crippen molar-refractivity contribution < 1.29 is 14.5 Å². The maximum Gasteiger partial charge on any atom is 0.309 e. The zero-order valence-electron chi connectivity index (χ0n) is 9.67. The first kappa shape index (κ1) is 13.4. The summed E-state index contributed by atoms with van der Waals surface area (Å²) in [5.41, 5.74) is -0.101. The van der Waals surface area contributed by atoms with E-state index in [1.807, 2.05) is 0 Å². The second-order valence-corrected chi connectivity index (χ2v) is 3.32. The standard InChI is InChI=1S/C11H11N3O4/c1-18-10(15)5-6-13-9-4-2-3-8(7-12)11(9)14(16)17/h2-4,13H,5-6H2,1H3. The second kappa shape index (κ2) is 6.20. The average Bonchev–Trinajstić information content (AvgIpc) is 2.37. The van der Waals surface area contributed by atoms with Crippen LogP contribution in [-0.4, -0.2) is 24.5 Å². The number of carbonyl (C=O) groups is 1. The number of nitriles is 1. The van der Waals surface area contributed by atoms with Gasteiger partial charge in [0.25, 0.3) is 0 Å². The lowest BCUT2D eigenvalue weighted by Gasteiger charge is -2.06. The number of carbonyl (C=O) groups excluding carboxylic acids is 1. The molecule has 7 nitrogen and oxygen atoms in total. The van der Waals surface area contributed by atoms with Gasteiger partial charge in [-0.1, -0.05) is 6.07 Å². The molecule has 0 bridgehead atoms. The lowest BCUT2D eigenvalue weighted by Crippen LogP contribution is -2.11. The number of ether oxygens (including phenoxy) is 1. The minimum atomic E-state index is -0.626. The molecule has 0 radical (unpaired) electrons. The molecule has 0 spiro atoms. The van der Waals surface area contributed by atoms with E-state index < -0.39 is 10.9 Å². The van der Waals surface area contributed by atoms with E-state index in [4.69, 9.17) is 5.26 Å². The summed E-state index contributed by atoms with van der Waals surface area (Å²) in [7, 11) is 1.26. The monoisotopic (exact) mass is 249 g/mol. The van der Waals surface area contributed by atoms with Gasteiger partial charge in [-0.25, -0.2) is 0 Å².